The molecule has 0 saturated heterocycles. The Morgan fingerprint density at radius 2 is 2.00 bits per heavy atom. The summed E-state index contributed by atoms with van der Waals surface area (Å²) in [6.45, 7) is 0. The van der Waals surface area contributed by atoms with Gasteiger partial charge in [-0.15, -0.1) is 5.11 Å². The van der Waals surface area contributed by atoms with E-state index >= 15 is 0 Å². The van der Waals surface area contributed by atoms with Crippen molar-refractivity contribution in [3.63, 3.8) is 0 Å². The fourth-order valence-electron chi connectivity index (χ4n) is 1.51. The topological polar surface area (TPSA) is 54.7 Å². The highest BCUT2D eigenvalue weighted by Crippen LogP contribution is 2.47. The molecule has 2 rings (SSSR count). The summed E-state index contributed by atoms with van der Waals surface area (Å²) >= 11 is 10.7. The minimum absolute atomic E-state index is 0.129. The first-order chi connectivity index (χ1) is 8.76. The minimum atomic E-state index is -4.83. The molecule has 9 heteroatoms. The second-order valence-electron chi connectivity index (χ2n) is 3.61. The minimum Gasteiger partial charge on any atom is -0.274 e. The fraction of sp³-hybridized carbons (Fsp3) is 0.200. The number of carbonyl (C=O) groups is 1. The summed E-state index contributed by atoms with van der Waals surface area (Å²) in [5.74, 6) is 0. The van der Waals surface area contributed by atoms with Gasteiger partial charge in [0.05, 0.1) is 5.69 Å². The van der Waals surface area contributed by atoms with E-state index in [0.29, 0.717) is 6.08 Å². The number of hydrogen-bond acceptors (Lipinski definition) is 4. The van der Waals surface area contributed by atoms with E-state index in [-0.39, 0.29) is 5.15 Å². The van der Waals surface area contributed by atoms with Crippen molar-refractivity contribution >= 4 is 28.4 Å². The molecular formula is C10H4Cl2F3N3O. The third-order valence-corrected chi connectivity index (χ3v) is 2.80. The molecule has 0 bridgehead atoms. The number of pyridine rings is 1. The van der Waals surface area contributed by atoms with Gasteiger partial charge in [0, 0.05) is 0 Å². The highest BCUT2D eigenvalue weighted by atomic mass is 35.5. The number of alkyl halides is 3. The molecule has 4 nitrogen and oxygen atoms in total. The maximum Gasteiger partial charge on any atom is 0.424 e. The van der Waals surface area contributed by atoms with Crippen molar-refractivity contribution in [1.82, 2.24) is 4.98 Å². The molecule has 0 amide bonds. The summed E-state index contributed by atoms with van der Waals surface area (Å²) < 4.78 is 39.7. The Hall–Kier alpha value is -1.47. The van der Waals surface area contributed by atoms with Crippen LogP contribution in [0.15, 0.2) is 40.2 Å². The van der Waals surface area contributed by atoms with E-state index in [4.69, 9.17) is 23.2 Å². The lowest BCUT2D eigenvalue weighted by molar-refractivity contribution is -0.175. The van der Waals surface area contributed by atoms with Crippen LogP contribution in [0.3, 0.4) is 0 Å². The fourth-order valence-corrected chi connectivity index (χ4v) is 1.77. The Kier molecular flexibility index (Phi) is 3.36. The van der Waals surface area contributed by atoms with Gasteiger partial charge in [0.2, 0.25) is 5.54 Å². The largest absolute Gasteiger partial charge is 0.424 e. The number of hydrogen-bond donors (Lipinski definition) is 0. The molecule has 0 radical (unpaired) electrons. The first-order valence-electron chi connectivity index (χ1n) is 4.81. The molecular weight excluding hydrogens is 306 g/mol. The summed E-state index contributed by atoms with van der Waals surface area (Å²) in [4.78, 5) is 14.5. The first-order valence-corrected chi connectivity index (χ1v) is 5.57. The summed E-state index contributed by atoms with van der Waals surface area (Å²) in [6, 6.07) is 3.71. The van der Waals surface area contributed by atoms with Gasteiger partial charge >= 0.3 is 6.18 Å². The number of halogens is 5. The van der Waals surface area contributed by atoms with Crippen molar-refractivity contribution in [2.45, 2.75) is 11.7 Å². The van der Waals surface area contributed by atoms with Gasteiger partial charge in [-0.05, 0) is 29.8 Å². The molecule has 0 aromatic carbocycles. The average molecular weight is 310 g/mol. The molecule has 19 heavy (non-hydrogen) atoms. The monoisotopic (exact) mass is 309 g/mol. The zero-order chi connectivity index (χ0) is 14.3. The predicted octanol–water partition coefficient (Wildman–Crippen LogP) is 3.61. The summed E-state index contributed by atoms with van der Waals surface area (Å²) in [7, 11) is 0. The normalized spacial score (nSPS) is 22.5. The SMILES string of the molecule is O=C(Cl)C1=CC(c2cccc(Cl)n2)(C(F)(F)F)N=N1. The van der Waals surface area contributed by atoms with Crippen LogP contribution >= 0.6 is 23.2 Å². The van der Waals surface area contributed by atoms with Gasteiger partial charge in [0.25, 0.3) is 5.24 Å². The van der Waals surface area contributed by atoms with Gasteiger partial charge in [-0.2, -0.15) is 18.3 Å². The van der Waals surface area contributed by atoms with Crippen LogP contribution in [-0.4, -0.2) is 16.4 Å². The Morgan fingerprint density at radius 1 is 1.32 bits per heavy atom. The van der Waals surface area contributed by atoms with E-state index in [1.807, 2.05) is 0 Å². The molecule has 1 aromatic heterocycles. The summed E-state index contributed by atoms with van der Waals surface area (Å²) in [5, 5.41) is 5.04. The van der Waals surface area contributed by atoms with Crippen LogP contribution in [0.2, 0.25) is 5.15 Å². The van der Waals surface area contributed by atoms with Gasteiger partial charge in [-0.25, -0.2) is 4.98 Å². The molecule has 1 atom stereocenters. The number of aromatic nitrogens is 1. The van der Waals surface area contributed by atoms with Crippen LogP contribution < -0.4 is 0 Å². The molecule has 0 aliphatic carbocycles. The van der Waals surface area contributed by atoms with Crippen LogP contribution in [0.25, 0.3) is 0 Å². The van der Waals surface area contributed by atoms with Crippen LogP contribution in [0.5, 0.6) is 0 Å². The molecule has 1 aromatic rings. The Morgan fingerprint density at radius 3 is 2.47 bits per heavy atom. The molecule has 1 aliphatic rings. The number of allylic oxidation sites excluding steroid dienone is 1. The molecule has 100 valence electrons. The van der Waals surface area contributed by atoms with Crippen LogP contribution in [-0.2, 0) is 10.3 Å². The van der Waals surface area contributed by atoms with E-state index in [2.05, 4.69) is 15.2 Å². The van der Waals surface area contributed by atoms with Crippen LogP contribution in [0.4, 0.5) is 13.2 Å². The first kappa shape index (κ1) is 14.0. The number of azo groups is 1. The van der Waals surface area contributed by atoms with Crippen molar-refractivity contribution < 1.29 is 18.0 Å². The van der Waals surface area contributed by atoms with E-state index in [1.54, 1.807) is 0 Å². The molecule has 1 aliphatic heterocycles. The zero-order valence-electron chi connectivity index (χ0n) is 8.95. The highest BCUT2D eigenvalue weighted by Gasteiger charge is 2.59. The molecule has 0 fully saturated rings. The van der Waals surface area contributed by atoms with Gasteiger partial charge in [0.15, 0.2) is 0 Å². The third-order valence-electron chi connectivity index (χ3n) is 2.40. The van der Waals surface area contributed by atoms with Crippen molar-refractivity contribution in [3.8, 4) is 0 Å². The van der Waals surface area contributed by atoms with Crippen molar-refractivity contribution in [2.24, 2.45) is 10.2 Å². The van der Waals surface area contributed by atoms with Gasteiger partial charge in [-0.1, -0.05) is 17.7 Å². The zero-order valence-corrected chi connectivity index (χ0v) is 10.5. The van der Waals surface area contributed by atoms with Gasteiger partial charge < -0.3 is 0 Å². The van der Waals surface area contributed by atoms with E-state index < -0.39 is 28.3 Å². The second kappa shape index (κ2) is 4.57. The number of nitrogens with zero attached hydrogens (tertiary/aromatic N) is 3. The van der Waals surface area contributed by atoms with E-state index in [9.17, 15) is 18.0 Å². The lowest BCUT2D eigenvalue weighted by atomic mass is 9.94. The second-order valence-corrected chi connectivity index (χ2v) is 4.34. The van der Waals surface area contributed by atoms with Gasteiger partial charge in [0.1, 0.15) is 10.9 Å². The average Bonchev–Trinajstić information content (AvgIpc) is 2.74. The number of carbonyl (C=O) groups excluding carboxylic acids is 1. The van der Waals surface area contributed by atoms with Crippen LogP contribution in [0, 0.1) is 0 Å². The Balaban J connectivity index is 2.63. The van der Waals surface area contributed by atoms with Gasteiger partial charge in [-0.3, -0.25) is 4.79 Å². The lowest BCUT2D eigenvalue weighted by Crippen LogP contribution is -2.38. The van der Waals surface area contributed by atoms with Crippen molar-refractivity contribution in [2.75, 3.05) is 0 Å². The predicted molar refractivity (Wildman–Crippen MR) is 60.8 cm³/mol. The van der Waals surface area contributed by atoms with Crippen molar-refractivity contribution in [1.29, 1.82) is 0 Å². The molecule has 0 spiro atoms. The van der Waals surface area contributed by atoms with E-state index in [1.165, 1.54) is 12.1 Å². The number of rotatable bonds is 2. The maximum absolute atomic E-state index is 13.2. The third kappa shape index (κ3) is 2.35. The molecule has 2 heterocycles. The Bertz CT molecular complexity index is 600. The maximum atomic E-state index is 13.2. The van der Waals surface area contributed by atoms with Crippen molar-refractivity contribution in [3.05, 3.63) is 40.8 Å². The Labute approximate surface area is 114 Å². The smallest absolute Gasteiger partial charge is 0.274 e. The highest BCUT2D eigenvalue weighted by molar-refractivity contribution is 6.67. The molecule has 1 unspecified atom stereocenters. The molecule has 0 N–H and O–H groups in total. The molecule has 0 saturated carbocycles. The standard InChI is InChI=1S/C10H4Cl2F3N3O/c11-7-3-1-2-6(16-7)9(10(13,14)15)4-5(8(12)19)17-18-9/h1-4H. The lowest BCUT2D eigenvalue weighted by Gasteiger charge is -2.24. The summed E-state index contributed by atoms with van der Waals surface area (Å²) in [6.07, 6.45) is -4.30. The van der Waals surface area contributed by atoms with E-state index in [0.717, 1.165) is 6.07 Å². The van der Waals surface area contributed by atoms with Crippen LogP contribution in [0.1, 0.15) is 5.69 Å². The summed E-state index contributed by atoms with van der Waals surface area (Å²) in [5.41, 5.74) is -3.90. The quantitative estimate of drug-likeness (QED) is 0.619.